The second-order valence-electron chi connectivity index (χ2n) is 7.55. The average molecular weight is 447 g/mol. The molecule has 0 spiro atoms. The highest BCUT2D eigenvalue weighted by Gasteiger charge is 2.40. The molecule has 2 amide bonds. The summed E-state index contributed by atoms with van der Waals surface area (Å²) in [5.74, 6) is -0.243. The van der Waals surface area contributed by atoms with Gasteiger partial charge in [0.15, 0.2) is 0 Å². The molecule has 162 valence electrons. The topological polar surface area (TPSA) is 58.6 Å². The van der Waals surface area contributed by atoms with Gasteiger partial charge in [0.2, 0.25) is 0 Å². The van der Waals surface area contributed by atoms with Gasteiger partial charge in [-0.25, -0.2) is 4.90 Å². The van der Waals surface area contributed by atoms with E-state index in [1.807, 2.05) is 37.3 Å². The molecule has 0 aromatic heterocycles. The van der Waals surface area contributed by atoms with E-state index in [0.29, 0.717) is 27.7 Å². The Balaban J connectivity index is 1.83. The van der Waals surface area contributed by atoms with Gasteiger partial charge in [-0.1, -0.05) is 48.9 Å². The molecule has 0 radical (unpaired) electrons. The highest BCUT2D eigenvalue weighted by molar-refractivity contribution is 6.46. The number of hydrogen-bond acceptors (Lipinski definition) is 4. The van der Waals surface area contributed by atoms with E-state index in [-0.39, 0.29) is 11.3 Å². The average Bonchev–Trinajstić information content (AvgIpc) is 3.04. The lowest BCUT2D eigenvalue weighted by Crippen LogP contribution is -2.32. The van der Waals surface area contributed by atoms with Crippen LogP contribution in [0.2, 0.25) is 5.02 Å². The van der Waals surface area contributed by atoms with Gasteiger partial charge in [-0.15, -0.1) is 0 Å². The third-order valence-corrected chi connectivity index (χ3v) is 5.69. The lowest BCUT2D eigenvalue weighted by atomic mass is 10.0. The predicted octanol–water partition coefficient (Wildman–Crippen LogP) is 5.62. The first-order chi connectivity index (χ1) is 15.4. The van der Waals surface area contributed by atoms with Gasteiger partial charge in [0.05, 0.1) is 24.1 Å². The van der Waals surface area contributed by atoms with E-state index in [1.54, 1.807) is 43.5 Å². The Morgan fingerprint density at radius 1 is 0.938 bits per heavy atom. The van der Waals surface area contributed by atoms with Crippen molar-refractivity contribution >= 4 is 40.4 Å². The van der Waals surface area contributed by atoms with Crippen molar-refractivity contribution in [3.8, 4) is 5.75 Å². The Morgan fingerprint density at radius 3 is 2.25 bits per heavy atom. The highest BCUT2D eigenvalue weighted by atomic mass is 35.5. The number of rotatable bonds is 6. The van der Waals surface area contributed by atoms with Crippen LogP contribution in [0, 0.1) is 6.92 Å². The maximum Gasteiger partial charge on any atom is 0.282 e. The number of imide groups is 1. The summed E-state index contributed by atoms with van der Waals surface area (Å²) in [5, 5.41) is 3.73. The van der Waals surface area contributed by atoms with Gasteiger partial charge in [-0.2, -0.15) is 0 Å². The summed E-state index contributed by atoms with van der Waals surface area (Å²) < 4.78 is 5.45. The first kappa shape index (κ1) is 21.7. The molecular weight excluding hydrogens is 424 g/mol. The van der Waals surface area contributed by atoms with Crippen LogP contribution in [0.15, 0.2) is 72.4 Å². The molecule has 1 aliphatic heterocycles. The fourth-order valence-corrected chi connectivity index (χ4v) is 3.83. The van der Waals surface area contributed by atoms with Crippen LogP contribution in [0.4, 0.5) is 11.4 Å². The van der Waals surface area contributed by atoms with Crippen LogP contribution in [-0.4, -0.2) is 18.9 Å². The first-order valence-corrected chi connectivity index (χ1v) is 10.7. The van der Waals surface area contributed by atoms with Crippen LogP contribution in [0.5, 0.6) is 5.75 Å². The molecule has 0 atom stereocenters. The van der Waals surface area contributed by atoms with Crippen molar-refractivity contribution < 1.29 is 14.3 Å². The molecule has 0 aliphatic carbocycles. The fraction of sp³-hybridized carbons (Fsp3) is 0.154. The normalized spacial score (nSPS) is 13.7. The minimum Gasteiger partial charge on any atom is -0.495 e. The maximum absolute atomic E-state index is 13.5. The van der Waals surface area contributed by atoms with E-state index >= 15 is 0 Å². The van der Waals surface area contributed by atoms with Crippen molar-refractivity contribution in [3.05, 3.63) is 94.1 Å². The summed E-state index contributed by atoms with van der Waals surface area (Å²) in [6.45, 7) is 4.00. The highest BCUT2D eigenvalue weighted by Crippen LogP contribution is 2.36. The van der Waals surface area contributed by atoms with Crippen molar-refractivity contribution in [1.82, 2.24) is 0 Å². The smallest absolute Gasteiger partial charge is 0.282 e. The minimum atomic E-state index is -0.423. The third-order valence-electron chi connectivity index (χ3n) is 5.43. The molecule has 5 nitrogen and oxygen atoms in total. The summed E-state index contributed by atoms with van der Waals surface area (Å²) in [6.07, 6.45) is 0.871. The molecule has 32 heavy (non-hydrogen) atoms. The maximum atomic E-state index is 13.5. The van der Waals surface area contributed by atoms with E-state index in [2.05, 4.69) is 12.2 Å². The molecule has 0 saturated heterocycles. The Kier molecular flexibility index (Phi) is 6.01. The zero-order valence-corrected chi connectivity index (χ0v) is 18.9. The monoisotopic (exact) mass is 446 g/mol. The molecule has 1 aliphatic rings. The van der Waals surface area contributed by atoms with E-state index in [9.17, 15) is 9.59 Å². The van der Waals surface area contributed by atoms with Crippen molar-refractivity contribution in [2.75, 3.05) is 17.3 Å². The summed E-state index contributed by atoms with van der Waals surface area (Å²) in [6, 6.07) is 19.9. The molecule has 1 N–H and O–H groups in total. The van der Waals surface area contributed by atoms with Gasteiger partial charge in [0.25, 0.3) is 11.8 Å². The number of anilines is 2. The molecule has 0 fully saturated rings. The number of ether oxygens (including phenoxy) is 1. The van der Waals surface area contributed by atoms with Crippen LogP contribution >= 0.6 is 11.6 Å². The number of nitrogens with one attached hydrogen (secondary N) is 1. The molecule has 0 bridgehead atoms. The number of carbonyl (C=O) groups excluding carboxylic acids is 2. The Morgan fingerprint density at radius 2 is 1.62 bits per heavy atom. The van der Waals surface area contributed by atoms with Gasteiger partial charge in [-0.05, 0) is 66.4 Å². The number of carbonyl (C=O) groups is 2. The zero-order chi connectivity index (χ0) is 22.8. The van der Waals surface area contributed by atoms with Gasteiger partial charge in [0.1, 0.15) is 11.4 Å². The van der Waals surface area contributed by atoms with Gasteiger partial charge < -0.3 is 10.1 Å². The van der Waals surface area contributed by atoms with Crippen LogP contribution in [0.1, 0.15) is 23.6 Å². The molecule has 4 rings (SSSR count). The van der Waals surface area contributed by atoms with Crippen LogP contribution in [0.3, 0.4) is 0 Å². The molecule has 0 unspecified atom stereocenters. The third kappa shape index (κ3) is 3.99. The van der Waals surface area contributed by atoms with Crippen LogP contribution in [0.25, 0.3) is 5.57 Å². The number of amides is 2. The number of nitrogens with zero attached hydrogens (tertiary/aromatic N) is 1. The minimum absolute atomic E-state index is 0.195. The SMILES string of the molecule is CCc1ccc(N2C(=O)C(Nc3cc(C)ccc3OC)=C(c3ccc(Cl)cc3)C2=O)cc1. The van der Waals surface area contributed by atoms with E-state index in [0.717, 1.165) is 17.5 Å². The summed E-state index contributed by atoms with van der Waals surface area (Å²) in [5.41, 5.74) is 4.34. The fourth-order valence-electron chi connectivity index (χ4n) is 3.70. The first-order valence-electron chi connectivity index (χ1n) is 10.3. The van der Waals surface area contributed by atoms with Gasteiger partial charge in [0, 0.05) is 5.02 Å². The summed E-state index contributed by atoms with van der Waals surface area (Å²) in [7, 11) is 1.56. The van der Waals surface area contributed by atoms with Crippen molar-refractivity contribution in [2.24, 2.45) is 0 Å². The summed E-state index contributed by atoms with van der Waals surface area (Å²) in [4.78, 5) is 28.3. The second-order valence-corrected chi connectivity index (χ2v) is 7.99. The molecule has 3 aromatic carbocycles. The second kappa shape index (κ2) is 8.89. The number of hydrogen-bond donors (Lipinski definition) is 1. The van der Waals surface area contributed by atoms with Crippen molar-refractivity contribution in [3.63, 3.8) is 0 Å². The van der Waals surface area contributed by atoms with Crippen LogP contribution < -0.4 is 15.0 Å². The Hall–Kier alpha value is -3.57. The van der Waals surface area contributed by atoms with E-state index < -0.39 is 11.8 Å². The lowest BCUT2D eigenvalue weighted by Gasteiger charge is -2.16. The summed E-state index contributed by atoms with van der Waals surface area (Å²) >= 11 is 6.05. The Labute approximate surface area is 192 Å². The number of methoxy groups -OCH3 is 1. The Bertz CT molecular complexity index is 1210. The van der Waals surface area contributed by atoms with Gasteiger partial charge >= 0.3 is 0 Å². The predicted molar refractivity (Wildman–Crippen MR) is 128 cm³/mol. The molecule has 6 heteroatoms. The molecule has 0 saturated carbocycles. The standard InChI is InChI=1S/C26H23ClN2O3/c1-4-17-6-12-20(13-7-17)29-25(30)23(18-8-10-19(27)11-9-18)24(26(29)31)28-21-15-16(2)5-14-22(21)32-3/h5-15,28H,4H2,1-3H3. The zero-order valence-electron chi connectivity index (χ0n) is 18.1. The molecule has 1 heterocycles. The lowest BCUT2D eigenvalue weighted by molar-refractivity contribution is -0.120. The van der Waals surface area contributed by atoms with Gasteiger partial charge in [-0.3, -0.25) is 9.59 Å². The molecular formula is C26H23ClN2O3. The largest absolute Gasteiger partial charge is 0.495 e. The number of aryl methyl sites for hydroxylation is 2. The van der Waals surface area contributed by atoms with Crippen molar-refractivity contribution in [1.29, 1.82) is 0 Å². The van der Waals surface area contributed by atoms with Crippen LogP contribution in [-0.2, 0) is 16.0 Å². The molecule has 3 aromatic rings. The number of halogens is 1. The quantitative estimate of drug-likeness (QED) is 0.499. The van der Waals surface area contributed by atoms with E-state index in [1.165, 1.54) is 4.90 Å². The number of benzene rings is 3. The van der Waals surface area contributed by atoms with Crippen molar-refractivity contribution in [2.45, 2.75) is 20.3 Å². The van der Waals surface area contributed by atoms with E-state index in [4.69, 9.17) is 16.3 Å².